The van der Waals surface area contributed by atoms with Gasteiger partial charge in [0.1, 0.15) is 5.82 Å². The smallest absolute Gasteiger partial charge is 0.266 e. The van der Waals surface area contributed by atoms with Crippen LogP contribution < -0.4 is 10.2 Å². The number of aromatic nitrogens is 3. The fourth-order valence-electron chi connectivity index (χ4n) is 1.89. The molecule has 1 N–H and O–H groups in total. The highest BCUT2D eigenvalue weighted by Gasteiger charge is 2.17. The van der Waals surface area contributed by atoms with Crippen molar-refractivity contribution in [1.29, 1.82) is 0 Å². The number of rotatable bonds is 3. The number of anilines is 2. The van der Waals surface area contributed by atoms with Crippen molar-refractivity contribution in [2.24, 2.45) is 0 Å². The van der Waals surface area contributed by atoms with Crippen molar-refractivity contribution in [3.05, 3.63) is 18.3 Å². The number of morpholine rings is 1. The Hall–Kier alpha value is -2.15. The molecule has 0 amide bonds. The monoisotopic (exact) mass is 261 g/mol. The fraction of sp³-hybridized carbons (Fsp3) is 0.417. The molecule has 2 aromatic rings. The van der Waals surface area contributed by atoms with E-state index in [1.807, 2.05) is 24.1 Å². The Morgan fingerprint density at radius 2 is 2.11 bits per heavy atom. The van der Waals surface area contributed by atoms with Crippen molar-refractivity contribution in [3.63, 3.8) is 0 Å². The van der Waals surface area contributed by atoms with Crippen LogP contribution in [-0.4, -0.2) is 48.5 Å². The summed E-state index contributed by atoms with van der Waals surface area (Å²) in [5, 5.41) is 6.96. The summed E-state index contributed by atoms with van der Waals surface area (Å²) in [6, 6.07) is 3.77. The number of hydrogen-bond donors (Lipinski definition) is 1. The average Bonchev–Trinajstić information content (AvgIpc) is 2.98. The van der Waals surface area contributed by atoms with Crippen molar-refractivity contribution in [3.8, 4) is 11.5 Å². The van der Waals surface area contributed by atoms with Crippen LogP contribution in [-0.2, 0) is 4.74 Å². The minimum atomic E-state index is 0.483. The zero-order valence-electron chi connectivity index (χ0n) is 10.7. The quantitative estimate of drug-likeness (QED) is 0.883. The zero-order valence-corrected chi connectivity index (χ0v) is 10.7. The molecule has 0 unspecified atom stereocenters. The minimum Gasteiger partial charge on any atom is -0.378 e. The summed E-state index contributed by atoms with van der Waals surface area (Å²) >= 11 is 0. The van der Waals surface area contributed by atoms with E-state index in [4.69, 9.17) is 9.26 Å². The Bertz CT molecular complexity index is 533. The topological polar surface area (TPSA) is 76.3 Å². The van der Waals surface area contributed by atoms with Gasteiger partial charge in [-0.05, 0) is 17.3 Å². The molecule has 1 saturated heterocycles. The maximum absolute atomic E-state index is 5.29. The Kier molecular flexibility index (Phi) is 3.28. The van der Waals surface area contributed by atoms with Crippen LogP contribution in [0.2, 0.25) is 0 Å². The second kappa shape index (κ2) is 5.23. The zero-order chi connectivity index (χ0) is 13.1. The lowest BCUT2D eigenvalue weighted by molar-refractivity contribution is 0.121. The predicted octanol–water partition coefficient (Wildman–Crippen LogP) is 1.01. The number of ether oxygens (including phenoxy) is 1. The van der Waals surface area contributed by atoms with Crippen molar-refractivity contribution in [2.75, 3.05) is 43.6 Å². The van der Waals surface area contributed by atoms with Crippen LogP contribution in [0.15, 0.2) is 22.9 Å². The van der Waals surface area contributed by atoms with Gasteiger partial charge in [0.05, 0.1) is 18.8 Å². The second-order valence-corrected chi connectivity index (χ2v) is 4.18. The van der Waals surface area contributed by atoms with E-state index < -0.39 is 0 Å². The summed E-state index contributed by atoms with van der Waals surface area (Å²) in [4.78, 5) is 10.7. The fourth-order valence-corrected chi connectivity index (χ4v) is 1.89. The minimum absolute atomic E-state index is 0.483. The van der Waals surface area contributed by atoms with Gasteiger partial charge >= 0.3 is 0 Å². The van der Waals surface area contributed by atoms with Gasteiger partial charge in [-0.3, -0.25) is 0 Å². The molecule has 7 heteroatoms. The Morgan fingerprint density at radius 1 is 1.26 bits per heavy atom. The van der Waals surface area contributed by atoms with E-state index in [2.05, 4.69) is 20.4 Å². The SMILES string of the molecule is CNc1ccc(-c2nc(N3CCOCC3)no2)cn1. The van der Waals surface area contributed by atoms with Crippen molar-refractivity contribution >= 4 is 11.8 Å². The van der Waals surface area contributed by atoms with Crippen LogP contribution >= 0.6 is 0 Å². The highest BCUT2D eigenvalue weighted by molar-refractivity contribution is 5.55. The summed E-state index contributed by atoms with van der Waals surface area (Å²) in [5.41, 5.74) is 0.811. The molecule has 2 aromatic heterocycles. The molecule has 19 heavy (non-hydrogen) atoms. The van der Waals surface area contributed by atoms with Crippen LogP contribution in [0.3, 0.4) is 0 Å². The third kappa shape index (κ3) is 2.50. The number of nitrogens with one attached hydrogen (secondary N) is 1. The highest BCUT2D eigenvalue weighted by atomic mass is 16.5. The van der Waals surface area contributed by atoms with E-state index in [1.165, 1.54) is 0 Å². The average molecular weight is 261 g/mol. The largest absolute Gasteiger partial charge is 0.378 e. The molecule has 0 radical (unpaired) electrons. The lowest BCUT2D eigenvalue weighted by Crippen LogP contribution is -2.36. The van der Waals surface area contributed by atoms with Gasteiger partial charge in [-0.25, -0.2) is 4.98 Å². The lowest BCUT2D eigenvalue weighted by atomic mass is 10.3. The van der Waals surface area contributed by atoms with Gasteiger partial charge in [-0.15, -0.1) is 0 Å². The molecular weight excluding hydrogens is 246 g/mol. The summed E-state index contributed by atoms with van der Waals surface area (Å²) in [5.74, 6) is 1.89. The molecule has 1 aliphatic rings. The van der Waals surface area contributed by atoms with Gasteiger partial charge in [-0.2, -0.15) is 4.98 Å². The van der Waals surface area contributed by atoms with Crippen LogP contribution in [0.5, 0.6) is 0 Å². The summed E-state index contributed by atoms with van der Waals surface area (Å²) in [6.07, 6.45) is 1.71. The van der Waals surface area contributed by atoms with Crippen LogP contribution in [0.4, 0.5) is 11.8 Å². The molecule has 0 saturated carbocycles. The number of nitrogens with zero attached hydrogens (tertiary/aromatic N) is 4. The first-order chi connectivity index (χ1) is 9.36. The number of pyridine rings is 1. The van der Waals surface area contributed by atoms with Gasteiger partial charge in [0.15, 0.2) is 0 Å². The van der Waals surface area contributed by atoms with Crippen molar-refractivity contribution < 1.29 is 9.26 Å². The van der Waals surface area contributed by atoms with Gasteiger partial charge in [0, 0.05) is 26.3 Å². The normalized spacial score (nSPS) is 15.5. The molecule has 3 rings (SSSR count). The third-order valence-electron chi connectivity index (χ3n) is 2.98. The van der Waals surface area contributed by atoms with Gasteiger partial charge in [0.25, 0.3) is 11.8 Å². The van der Waals surface area contributed by atoms with Gasteiger partial charge < -0.3 is 19.5 Å². The molecule has 0 aliphatic carbocycles. The molecule has 0 spiro atoms. The maximum Gasteiger partial charge on any atom is 0.266 e. The lowest BCUT2D eigenvalue weighted by Gasteiger charge is -2.24. The van der Waals surface area contributed by atoms with E-state index >= 15 is 0 Å². The van der Waals surface area contributed by atoms with Crippen LogP contribution in [0, 0.1) is 0 Å². The van der Waals surface area contributed by atoms with Crippen LogP contribution in [0.1, 0.15) is 0 Å². The Morgan fingerprint density at radius 3 is 2.79 bits per heavy atom. The molecule has 3 heterocycles. The molecule has 7 nitrogen and oxygen atoms in total. The molecule has 0 bridgehead atoms. The Balaban J connectivity index is 1.79. The first-order valence-electron chi connectivity index (χ1n) is 6.17. The molecule has 100 valence electrons. The Labute approximate surface area is 110 Å². The van der Waals surface area contributed by atoms with E-state index in [-0.39, 0.29) is 0 Å². The van der Waals surface area contributed by atoms with E-state index in [9.17, 15) is 0 Å². The maximum atomic E-state index is 5.29. The van der Waals surface area contributed by atoms with Gasteiger partial charge in [-0.1, -0.05) is 0 Å². The molecule has 0 atom stereocenters. The standard InChI is InChI=1S/C12H15N5O2/c1-13-10-3-2-9(8-14-10)11-15-12(16-19-11)17-4-6-18-7-5-17/h2-3,8H,4-7H2,1H3,(H,13,14). The first-order valence-corrected chi connectivity index (χ1v) is 6.17. The second-order valence-electron chi connectivity index (χ2n) is 4.18. The van der Waals surface area contributed by atoms with Crippen molar-refractivity contribution in [2.45, 2.75) is 0 Å². The molecule has 1 fully saturated rings. The summed E-state index contributed by atoms with van der Waals surface area (Å²) < 4.78 is 10.6. The third-order valence-corrected chi connectivity index (χ3v) is 2.98. The summed E-state index contributed by atoms with van der Waals surface area (Å²) in [6.45, 7) is 2.97. The van der Waals surface area contributed by atoms with Crippen molar-refractivity contribution in [1.82, 2.24) is 15.1 Å². The molecular formula is C12H15N5O2. The highest BCUT2D eigenvalue weighted by Crippen LogP contribution is 2.20. The van der Waals surface area contributed by atoms with E-state index in [0.29, 0.717) is 25.1 Å². The predicted molar refractivity (Wildman–Crippen MR) is 70.1 cm³/mol. The van der Waals surface area contributed by atoms with E-state index in [1.54, 1.807) is 6.20 Å². The number of hydrogen-bond acceptors (Lipinski definition) is 7. The van der Waals surface area contributed by atoms with Crippen LogP contribution in [0.25, 0.3) is 11.5 Å². The first kappa shape index (κ1) is 11.9. The summed E-state index contributed by atoms with van der Waals surface area (Å²) in [7, 11) is 1.82. The van der Waals surface area contributed by atoms with Gasteiger partial charge in [0.2, 0.25) is 0 Å². The van der Waals surface area contributed by atoms with E-state index in [0.717, 1.165) is 24.5 Å². The molecule has 0 aromatic carbocycles. The molecule has 1 aliphatic heterocycles.